The third-order valence-corrected chi connectivity index (χ3v) is 5.35. The van der Waals surface area contributed by atoms with E-state index in [2.05, 4.69) is 31.3 Å². The lowest BCUT2D eigenvalue weighted by molar-refractivity contribution is -0.134. The number of amides is 1. The molecule has 0 radical (unpaired) electrons. The zero-order chi connectivity index (χ0) is 17.3. The summed E-state index contributed by atoms with van der Waals surface area (Å²) in [5, 5.41) is 7.14. The first-order valence-electron chi connectivity index (χ1n) is 8.52. The molecule has 1 aliphatic heterocycles. The lowest BCUT2D eigenvalue weighted by Crippen LogP contribution is -2.39. The second kappa shape index (κ2) is 6.67. The van der Waals surface area contributed by atoms with E-state index in [-0.39, 0.29) is 17.4 Å². The van der Waals surface area contributed by atoms with Crippen molar-refractivity contribution in [3.8, 4) is 0 Å². The first-order chi connectivity index (χ1) is 11.3. The van der Waals surface area contributed by atoms with Crippen LogP contribution in [0.5, 0.6) is 0 Å². The average molecular weight is 347 g/mol. The Kier molecular flexibility index (Phi) is 4.76. The van der Waals surface area contributed by atoms with E-state index in [1.807, 2.05) is 17.9 Å². The third kappa shape index (κ3) is 3.69. The number of piperidine rings is 1. The van der Waals surface area contributed by atoms with E-state index in [0.717, 1.165) is 42.3 Å². The molecule has 5 nitrogen and oxygen atoms in total. The molecule has 2 aromatic rings. The number of hydrogen-bond acceptors (Lipinski definition) is 5. The van der Waals surface area contributed by atoms with Crippen LogP contribution in [-0.4, -0.2) is 27.5 Å². The number of carbonyl (C=O) groups excluding carboxylic acids is 1. The summed E-state index contributed by atoms with van der Waals surface area (Å²) in [6, 6.07) is 1.93. The third-order valence-electron chi connectivity index (χ3n) is 4.41. The van der Waals surface area contributed by atoms with Gasteiger partial charge in [-0.1, -0.05) is 25.9 Å². The molecule has 130 valence electrons. The van der Waals surface area contributed by atoms with Crippen molar-refractivity contribution in [2.45, 2.75) is 64.8 Å². The number of nitrogens with zero attached hydrogens (tertiary/aromatic N) is 3. The van der Waals surface area contributed by atoms with Crippen LogP contribution >= 0.6 is 11.3 Å². The fourth-order valence-corrected chi connectivity index (χ4v) is 4.22. The number of aromatic nitrogens is 2. The van der Waals surface area contributed by atoms with Crippen molar-refractivity contribution in [1.29, 1.82) is 0 Å². The summed E-state index contributed by atoms with van der Waals surface area (Å²) in [5.41, 5.74) is 1.85. The summed E-state index contributed by atoms with van der Waals surface area (Å²) < 4.78 is 5.07. The van der Waals surface area contributed by atoms with Crippen LogP contribution in [0.2, 0.25) is 0 Å². The van der Waals surface area contributed by atoms with Crippen molar-refractivity contribution in [3.05, 3.63) is 33.6 Å². The van der Waals surface area contributed by atoms with Crippen LogP contribution in [0.15, 0.2) is 16.0 Å². The van der Waals surface area contributed by atoms with Gasteiger partial charge in [-0.2, -0.15) is 0 Å². The number of likely N-dealkylation sites (tertiary alicyclic amines) is 1. The first kappa shape index (κ1) is 17.1. The van der Waals surface area contributed by atoms with Gasteiger partial charge in [0.15, 0.2) is 0 Å². The van der Waals surface area contributed by atoms with Crippen LogP contribution in [0.3, 0.4) is 0 Å². The molecule has 0 aliphatic carbocycles. The van der Waals surface area contributed by atoms with Gasteiger partial charge in [0.25, 0.3) is 0 Å². The lowest BCUT2D eigenvalue weighted by Gasteiger charge is -2.34. The van der Waals surface area contributed by atoms with E-state index < -0.39 is 0 Å². The number of rotatable bonds is 3. The van der Waals surface area contributed by atoms with Crippen molar-refractivity contribution >= 4 is 17.2 Å². The maximum absolute atomic E-state index is 12.8. The van der Waals surface area contributed by atoms with Gasteiger partial charge in [-0.3, -0.25) is 4.79 Å². The van der Waals surface area contributed by atoms with E-state index in [4.69, 9.17) is 9.51 Å². The van der Waals surface area contributed by atoms with Crippen LogP contribution in [0.1, 0.15) is 68.2 Å². The highest BCUT2D eigenvalue weighted by atomic mass is 32.1. The standard InChI is InChI=1S/C18H25N3O2S/c1-12-9-13(20-23-12)10-16(22)21-8-6-5-7-14(21)17-19-15(11-24-17)18(2,3)4/h9,11,14H,5-8,10H2,1-4H3. The molecule has 1 unspecified atom stereocenters. The Bertz CT molecular complexity index is 714. The Hall–Kier alpha value is -1.69. The molecule has 0 bridgehead atoms. The molecule has 1 fully saturated rings. The van der Waals surface area contributed by atoms with Crippen LogP contribution in [0.4, 0.5) is 0 Å². The first-order valence-corrected chi connectivity index (χ1v) is 9.40. The summed E-state index contributed by atoms with van der Waals surface area (Å²) in [6.45, 7) is 9.15. The van der Waals surface area contributed by atoms with Crippen molar-refractivity contribution in [2.24, 2.45) is 0 Å². The fourth-order valence-electron chi connectivity index (χ4n) is 3.03. The molecule has 6 heteroatoms. The zero-order valence-electron chi connectivity index (χ0n) is 14.8. The van der Waals surface area contributed by atoms with Crippen molar-refractivity contribution in [3.63, 3.8) is 0 Å². The Morgan fingerprint density at radius 1 is 1.42 bits per heavy atom. The van der Waals surface area contributed by atoms with Gasteiger partial charge in [0.2, 0.25) is 5.91 Å². The van der Waals surface area contributed by atoms with Gasteiger partial charge in [0, 0.05) is 23.4 Å². The SMILES string of the molecule is Cc1cc(CC(=O)N2CCCCC2c2nc(C(C)(C)C)cs2)no1. The molecule has 24 heavy (non-hydrogen) atoms. The monoisotopic (exact) mass is 347 g/mol. The van der Waals surface area contributed by atoms with Crippen LogP contribution < -0.4 is 0 Å². The summed E-state index contributed by atoms with van der Waals surface area (Å²) >= 11 is 1.68. The van der Waals surface area contributed by atoms with Gasteiger partial charge in [0.05, 0.1) is 23.9 Å². The van der Waals surface area contributed by atoms with Gasteiger partial charge < -0.3 is 9.42 Å². The molecule has 2 aromatic heterocycles. The maximum Gasteiger partial charge on any atom is 0.229 e. The quantitative estimate of drug-likeness (QED) is 0.841. The molecule has 1 atom stereocenters. The van der Waals surface area contributed by atoms with Gasteiger partial charge in [-0.05, 0) is 26.2 Å². The van der Waals surface area contributed by atoms with Gasteiger partial charge in [-0.25, -0.2) is 4.98 Å². The molecule has 3 rings (SSSR count). The highest BCUT2D eigenvalue weighted by Gasteiger charge is 2.31. The van der Waals surface area contributed by atoms with Gasteiger partial charge in [-0.15, -0.1) is 11.3 Å². The van der Waals surface area contributed by atoms with E-state index in [9.17, 15) is 4.79 Å². The number of hydrogen-bond donors (Lipinski definition) is 0. The number of aryl methyl sites for hydroxylation is 1. The minimum Gasteiger partial charge on any atom is -0.361 e. The van der Waals surface area contributed by atoms with Crippen LogP contribution in [0, 0.1) is 6.92 Å². The van der Waals surface area contributed by atoms with Crippen LogP contribution in [-0.2, 0) is 16.6 Å². The van der Waals surface area contributed by atoms with Gasteiger partial charge in [0.1, 0.15) is 10.8 Å². The lowest BCUT2D eigenvalue weighted by atomic mass is 9.93. The number of thiazole rings is 1. The molecule has 3 heterocycles. The van der Waals surface area contributed by atoms with E-state index >= 15 is 0 Å². The molecular formula is C18H25N3O2S. The van der Waals surface area contributed by atoms with E-state index in [0.29, 0.717) is 12.1 Å². The minimum atomic E-state index is 0.0382. The van der Waals surface area contributed by atoms with Crippen molar-refractivity contribution in [1.82, 2.24) is 15.0 Å². The predicted molar refractivity (Wildman–Crippen MR) is 94.1 cm³/mol. The minimum absolute atomic E-state index is 0.0382. The normalized spacial score (nSPS) is 18.8. The molecule has 1 saturated heterocycles. The maximum atomic E-state index is 12.8. The Labute approximate surface area is 147 Å². The fraction of sp³-hybridized carbons (Fsp3) is 0.611. The topological polar surface area (TPSA) is 59.2 Å². The summed E-state index contributed by atoms with van der Waals surface area (Å²) in [6.07, 6.45) is 3.48. The van der Waals surface area contributed by atoms with E-state index in [1.165, 1.54) is 0 Å². The molecule has 0 spiro atoms. The molecular weight excluding hydrogens is 322 g/mol. The second-order valence-electron chi connectivity index (χ2n) is 7.53. The number of carbonyl (C=O) groups is 1. The molecule has 1 aliphatic rings. The summed E-state index contributed by atoms with van der Waals surface area (Å²) in [7, 11) is 0. The highest BCUT2D eigenvalue weighted by molar-refractivity contribution is 7.09. The highest BCUT2D eigenvalue weighted by Crippen LogP contribution is 2.35. The molecule has 0 aromatic carbocycles. The molecule has 0 N–H and O–H groups in total. The van der Waals surface area contributed by atoms with Gasteiger partial charge >= 0.3 is 0 Å². The summed E-state index contributed by atoms with van der Waals surface area (Å²) in [4.78, 5) is 19.6. The second-order valence-corrected chi connectivity index (χ2v) is 8.42. The Morgan fingerprint density at radius 2 is 2.21 bits per heavy atom. The largest absolute Gasteiger partial charge is 0.361 e. The molecule has 0 saturated carbocycles. The van der Waals surface area contributed by atoms with Crippen molar-refractivity contribution < 1.29 is 9.32 Å². The Morgan fingerprint density at radius 3 is 2.83 bits per heavy atom. The van der Waals surface area contributed by atoms with E-state index in [1.54, 1.807) is 11.3 Å². The van der Waals surface area contributed by atoms with Crippen molar-refractivity contribution in [2.75, 3.05) is 6.54 Å². The Balaban J connectivity index is 1.78. The average Bonchev–Trinajstić information content (AvgIpc) is 3.16. The summed E-state index contributed by atoms with van der Waals surface area (Å²) in [5.74, 6) is 0.850. The predicted octanol–water partition coefficient (Wildman–Crippen LogP) is 4.03. The smallest absolute Gasteiger partial charge is 0.229 e. The zero-order valence-corrected chi connectivity index (χ0v) is 15.7. The molecule has 1 amide bonds. The van der Waals surface area contributed by atoms with Crippen LogP contribution in [0.25, 0.3) is 0 Å².